The van der Waals surface area contributed by atoms with Crippen LogP contribution >= 0.6 is 22.6 Å². The van der Waals surface area contributed by atoms with Crippen LogP contribution in [0.3, 0.4) is 0 Å². The maximum atomic E-state index is 5.07. The summed E-state index contributed by atoms with van der Waals surface area (Å²) in [5, 5.41) is 3.25. The highest BCUT2D eigenvalue weighted by Crippen LogP contribution is 2.35. The second kappa shape index (κ2) is 4.12. The molecule has 0 heterocycles. The zero-order valence-electron chi connectivity index (χ0n) is 5.76. The lowest BCUT2D eigenvalue weighted by atomic mass is 10.4. The fourth-order valence-electron chi connectivity index (χ4n) is 0.748. The normalized spacial score (nSPS) is 21.7. The average molecular weight is 253 g/mol. The van der Waals surface area contributed by atoms with Gasteiger partial charge in [-0.25, -0.2) is 0 Å². The summed E-state index contributed by atoms with van der Waals surface area (Å²) in [5.74, 6) is 0.883. The van der Waals surface area contributed by atoms with E-state index in [0.717, 1.165) is 5.92 Å². The fourth-order valence-corrected chi connectivity index (χ4v) is 1.66. The molecule has 3 nitrogen and oxygen atoms in total. The first kappa shape index (κ1) is 8.26. The van der Waals surface area contributed by atoms with Gasteiger partial charge < -0.3 is 5.73 Å². The van der Waals surface area contributed by atoms with E-state index < -0.39 is 0 Å². The van der Waals surface area contributed by atoms with Crippen LogP contribution in [0.25, 0.3) is 0 Å². The molecule has 0 aromatic rings. The first-order valence-corrected chi connectivity index (χ1v) is 4.66. The zero-order chi connectivity index (χ0) is 7.40. The van der Waals surface area contributed by atoms with E-state index in [9.17, 15) is 0 Å². The second-order valence-electron chi connectivity index (χ2n) is 2.43. The van der Waals surface area contributed by atoms with Crippen molar-refractivity contribution >= 4 is 28.9 Å². The molecule has 1 atom stereocenters. The summed E-state index contributed by atoms with van der Waals surface area (Å²) >= 11 is 2.41. The number of halogens is 1. The highest BCUT2D eigenvalue weighted by molar-refractivity contribution is 14.1. The Bertz CT molecular complexity index is 122. The molecule has 0 bridgehead atoms. The molecule has 1 fully saturated rings. The van der Waals surface area contributed by atoms with Crippen LogP contribution in [0.15, 0.2) is 4.99 Å². The van der Waals surface area contributed by atoms with Gasteiger partial charge >= 0.3 is 0 Å². The van der Waals surface area contributed by atoms with Crippen molar-refractivity contribution in [2.45, 2.75) is 16.9 Å². The van der Waals surface area contributed by atoms with Crippen LogP contribution in [-0.4, -0.2) is 17.1 Å². The van der Waals surface area contributed by atoms with E-state index in [4.69, 9.17) is 5.73 Å². The first-order valence-electron chi connectivity index (χ1n) is 3.42. The van der Waals surface area contributed by atoms with E-state index >= 15 is 0 Å². The molecule has 10 heavy (non-hydrogen) atoms. The van der Waals surface area contributed by atoms with Crippen molar-refractivity contribution in [2.75, 3.05) is 6.67 Å². The third-order valence-electron chi connectivity index (χ3n) is 1.52. The lowest BCUT2D eigenvalue weighted by Crippen LogP contribution is -2.25. The van der Waals surface area contributed by atoms with Crippen molar-refractivity contribution in [3.8, 4) is 0 Å². The smallest absolute Gasteiger partial charge is 0.0909 e. The van der Waals surface area contributed by atoms with Crippen LogP contribution in [-0.2, 0) is 0 Å². The third-order valence-corrected chi connectivity index (χ3v) is 2.98. The molecule has 0 radical (unpaired) electrons. The van der Waals surface area contributed by atoms with Crippen molar-refractivity contribution in [2.24, 2.45) is 16.6 Å². The number of alkyl halides is 1. The van der Waals surface area contributed by atoms with Gasteiger partial charge in [0.1, 0.15) is 0 Å². The van der Waals surface area contributed by atoms with Gasteiger partial charge in [0.2, 0.25) is 0 Å². The second-order valence-corrected chi connectivity index (χ2v) is 3.78. The molecule has 0 aromatic heterocycles. The van der Waals surface area contributed by atoms with Gasteiger partial charge in [-0.1, -0.05) is 22.6 Å². The summed E-state index contributed by atoms with van der Waals surface area (Å²) in [7, 11) is 0. The Labute approximate surface area is 74.6 Å². The molecule has 3 N–H and O–H groups in total. The van der Waals surface area contributed by atoms with Crippen LogP contribution in [0.2, 0.25) is 0 Å². The Morgan fingerprint density at radius 3 is 3.00 bits per heavy atom. The van der Waals surface area contributed by atoms with E-state index in [0.29, 0.717) is 10.7 Å². The molecular formula is C6H12IN3. The number of nitrogens with zero attached hydrogens (tertiary/aromatic N) is 1. The number of hydrogen-bond acceptors (Lipinski definition) is 2. The number of aliphatic imine (C=N–C) groups is 1. The molecule has 0 saturated heterocycles. The first-order chi connectivity index (χ1) is 4.84. The predicted molar refractivity (Wildman–Crippen MR) is 51.2 cm³/mol. The standard InChI is InChI=1S/C6H12IN3/c7-6(5-1-2-5)10-4-9-3-8/h3,5-6,10H,1-2,4H2,(H2,8,9). The minimum atomic E-state index is 0.585. The summed E-state index contributed by atoms with van der Waals surface area (Å²) < 4.78 is 0.585. The predicted octanol–water partition coefficient (Wildman–Crippen LogP) is 0.692. The largest absolute Gasteiger partial charge is 0.390 e. The van der Waals surface area contributed by atoms with E-state index in [2.05, 4.69) is 32.9 Å². The van der Waals surface area contributed by atoms with Crippen molar-refractivity contribution in [3.63, 3.8) is 0 Å². The SMILES string of the molecule is NC=NCNC(I)C1CC1. The summed E-state index contributed by atoms with van der Waals surface area (Å²) in [6.45, 7) is 0.653. The van der Waals surface area contributed by atoms with Gasteiger partial charge in [-0.05, 0) is 18.8 Å². The van der Waals surface area contributed by atoms with E-state index in [1.54, 1.807) is 0 Å². The molecule has 0 aromatic carbocycles. The topological polar surface area (TPSA) is 50.4 Å². The van der Waals surface area contributed by atoms with Gasteiger partial charge in [0, 0.05) is 0 Å². The van der Waals surface area contributed by atoms with Crippen LogP contribution in [0.4, 0.5) is 0 Å². The molecule has 0 amide bonds. The molecule has 1 rings (SSSR count). The van der Waals surface area contributed by atoms with Gasteiger partial charge in [-0.15, -0.1) is 0 Å². The van der Waals surface area contributed by atoms with Crippen molar-refractivity contribution in [1.29, 1.82) is 0 Å². The molecule has 1 unspecified atom stereocenters. The molecule has 1 saturated carbocycles. The van der Waals surface area contributed by atoms with Gasteiger partial charge in [0.15, 0.2) is 0 Å². The summed E-state index contributed by atoms with van der Waals surface area (Å²) in [6, 6.07) is 0. The van der Waals surface area contributed by atoms with Crippen LogP contribution in [0, 0.1) is 5.92 Å². The van der Waals surface area contributed by atoms with E-state index in [1.807, 2.05) is 0 Å². The summed E-state index contributed by atoms with van der Waals surface area (Å²) in [5.41, 5.74) is 5.07. The lowest BCUT2D eigenvalue weighted by Gasteiger charge is -2.06. The summed E-state index contributed by atoms with van der Waals surface area (Å²) in [4.78, 5) is 3.86. The average Bonchev–Trinajstić information content (AvgIpc) is 2.69. The lowest BCUT2D eigenvalue weighted by molar-refractivity contribution is 0.629. The molecule has 0 spiro atoms. The minimum Gasteiger partial charge on any atom is -0.390 e. The van der Waals surface area contributed by atoms with Gasteiger partial charge in [-0.3, -0.25) is 10.3 Å². The third kappa shape index (κ3) is 2.83. The molecule has 1 aliphatic rings. The number of hydrogen-bond donors (Lipinski definition) is 2. The van der Waals surface area contributed by atoms with Crippen LogP contribution < -0.4 is 11.1 Å². The van der Waals surface area contributed by atoms with Crippen LogP contribution in [0.1, 0.15) is 12.8 Å². The van der Waals surface area contributed by atoms with Gasteiger partial charge in [-0.2, -0.15) is 0 Å². The maximum Gasteiger partial charge on any atom is 0.0909 e. The molecule has 4 heteroatoms. The summed E-state index contributed by atoms with van der Waals surface area (Å²) in [6.07, 6.45) is 4.07. The Kier molecular flexibility index (Phi) is 3.41. The Balaban J connectivity index is 2.00. The highest BCUT2D eigenvalue weighted by atomic mass is 127. The molecular weight excluding hydrogens is 241 g/mol. The van der Waals surface area contributed by atoms with Gasteiger partial charge in [0.05, 0.1) is 17.1 Å². The Morgan fingerprint density at radius 1 is 1.80 bits per heavy atom. The number of nitrogens with two attached hydrogens (primary N) is 1. The number of nitrogens with one attached hydrogen (secondary N) is 1. The van der Waals surface area contributed by atoms with Crippen molar-refractivity contribution in [1.82, 2.24) is 5.32 Å². The molecule has 0 aliphatic heterocycles. The zero-order valence-corrected chi connectivity index (χ0v) is 7.91. The fraction of sp³-hybridized carbons (Fsp3) is 0.833. The Morgan fingerprint density at radius 2 is 2.50 bits per heavy atom. The Hall–Kier alpha value is 0.160. The highest BCUT2D eigenvalue weighted by Gasteiger charge is 2.28. The van der Waals surface area contributed by atoms with Crippen LogP contribution in [0.5, 0.6) is 0 Å². The minimum absolute atomic E-state index is 0.585. The van der Waals surface area contributed by atoms with Crippen molar-refractivity contribution < 1.29 is 0 Å². The number of rotatable bonds is 4. The monoisotopic (exact) mass is 253 g/mol. The molecule has 58 valence electrons. The molecule has 1 aliphatic carbocycles. The van der Waals surface area contributed by atoms with E-state index in [-0.39, 0.29) is 0 Å². The quantitative estimate of drug-likeness (QED) is 0.254. The van der Waals surface area contributed by atoms with E-state index in [1.165, 1.54) is 19.2 Å². The maximum absolute atomic E-state index is 5.07. The van der Waals surface area contributed by atoms with Crippen molar-refractivity contribution in [3.05, 3.63) is 0 Å². The van der Waals surface area contributed by atoms with Gasteiger partial charge in [0.25, 0.3) is 0 Å².